The lowest BCUT2D eigenvalue weighted by molar-refractivity contribution is -0.133. The summed E-state index contributed by atoms with van der Waals surface area (Å²) in [4.78, 5) is 29.0. The summed E-state index contributed by atoms with van der Waals surface area (Å²) in [5, 5.41) is 3.64. The van der Waals surface area contributed by atoms with Gasteiger partial charge in [0.2, 0.25) is 11.8 Å². The summed E-state index contributed by atoms with van der Waals surface area (Å²) in [5.74, 6) is -0.0280. The molecule has 0 spiro atoms. The highest BCUT2D eigenvalue weighted by molar-refractivity contribution is 6.30. The molecule has 0 radical (unpaired) electrons. The summed E-state index contributed by atoms with van der Waals surface area (Å²) in [5.41, 5.74) is 1.81. The molecule has 0 unspecified atom stereocenters. The van der Waals surface area contributed by atoms with E-state index in [2.05, 4.69) is 10.2 Å². The zero-order valence-corrected chi connectivity index (χ0v) is 16.9. The Bertz CT molecular complexity index is 812. The Labute approximate surface area is 171 Å². The molecule has 0 aromatic heterocycles. The number of amides is 2. The molecule has 0 bridgehead atoms. The minimum absolute atomic E-state index is 0.0237. The Kier molecular flexibility index (Phi) is 7.06. The molecule has 2 amide bonds. The third-order valence-corrected chi connectivity index (χ3v) is 5.25. The van der Waals surface area contributed by atoms with Crippen molar-refractivity contribution in [2.45, 2.75) is 19.4 Å². The van der Waals surface area contributed by atoms with Gasteiger partial charge in [-0.05, 0) is 49.2 Å². The first kappa shape index (κ1) is 20.4. The number of hydrogen-bond acceptors (Lipinski definition) is 3. The largest absolute Gasteiger partial charge is 0.340 e. The molecule has 3 rings (SSSR count). The van der Waals surface area contributed by atoms with Gasteiger partial charge < -0.3 is 10.2 Å². The van der Waals surface area contributed by atoms with Gasteiger partial charge >= 0.3 is 0 Å². The van der Waals surface area contributed by atoms with E-state index in [-0.39, 0.29) is 17.7 Å². The van der Waals surface area contributed by atoms with Crippen molar-refractivity contribution in [2.75, 3.05) is 32.0 Å². The van der Waals surface area contributed by atoms with Crippen LogP contribution >= 0.6 is 11.6 Å². The van der Waals surface area contributed by atoms with Crippen molar-refractivity contribution in [3.8, 4) is 0 Å². The highest BCUT2D eigenvalue weighted by Crippen LogP contribution is 2.19. The molecular weight excluding hydrogens is 374 g/mol. The van der Waals surface area contributed by atoms with Crippen molar-refractivity contribution in [2.24, 2.45) is 5.92 Å². The molecule has 0 aliphatic carbocycles. The predicted octanol–water partition coefficient (Wildman–Crippen LogP) is 3.65. The van der Waals surface area contributed by atoms with Crippen molar-refractivity contribution in [1.82, 2.24) is 9.80 Å². The van der Waals surface area contributed by atoms with Crippen LogP contribution in [0, 0.1) is 5.92 Å². The smallest absolute Gasteiger partial charge is 0.236 e. The maximum atomic E-state index is 12.6. The van der Waals surface area contributed by atoms with Crippen LogP contribution in [0.25, 0.3) is 0 Å². The first-order valence-electron chi connectivity index (χ1n) is 9.58. The van der Waals surface area contributed by atoms with Crippen LogP contribution in [0.5, 0.6) is 0 Å². The van der Waals surface area contributed by atoms with Crippen LogP contribution in [0.1, 0.15) is 18.4 Å². The lowest BCUT2D eigenvalue weighted by Gasteiger charge is -2.32. The van der Waals surface area contributed by atoms with Gasteiger partial charge in [0.15, 0.2) is 0 Å². The zero-order valence-electron chi connectivity index (χ0n) is 16.1. The molecule has 6 heteroatoms. The Morgan fingerprint density at radius 2 is 1.96 bits per heavy atom. The number of nitrogens with zero attached hydrogens (tertiary/aromatic N) is 2. The van der Waals surface area contributed by atoms with E-state index in [1.54, 1.807) is 11.9 Å². The highest BCUT2D eigenvalue weighted by atomic mass is 35.5. The molecule has 2 aromatic rings. The number of likely N-dealkylation sites (tertiary alicyclic amines) is 1. The molecule has 1 atom stereocenters. The van der Waals surface area contributed by atoms with Crippen LogP contribution < -0.4 is 5.32 Å². The van der Waals surface area contributed by atoms with Crippen molar-refractivity contribution >= 4 is 29.1 Å². The number of piperidine rings is 1. The Hall–Kier alpha value is -2.37. The van der Waals surface area contributed by atoms with E-state index in [1.165, 1.54) is 0 Å². The summed E-state index contributed by atoms with van der Waals surface area (Å²) in [6, 6.07) is 17.0. The molecule has 0 saturated carbocycles. The molecule has 1 saturated heterocycles. The molecule has 1 aliphatic heterocycles. The molecule has 1 aliphatic rings. The van der Waals surface area contributed by atoms with Gasteiger partial charge in [-0.15, -0.1) is 0 Å². The molecule has 1 fully saturated rings. The minimum atomic E-state index is -0.0972. The predicted molar refractivity (Wildman–Crippen MR) is 112 cm³/mol. The fraction of sp³-hybridized carbons (Fsp3) is 0.364. The quantitative estimate of drug-likeness (QED) is 0.806. The van der Waals surface area contributed by atoms with E-state index in [0.29, 0.717) is 24.7 Å². The normalized spacial score (nSPS) is 17.1. The second kappa shape index (κ2) is 9.71. The van der Waals surface area contributed by atoms with Crippen molar-refractivity contribution in [3.05, 3.63) is 65.2 Å². The van der Waals surface area contributed by atoms with E-state index in [4.69, 9.17) is 11.6 Å². The summed E-state index contributed by atoms with van der Waals surface area (Å²) < 4.78 is 0. The number of nitrogens with one attached hydrogen (secondary N) is 1. The first-order chi connectivity index (χ1) is 13.5. The second-order valence-electron chi connectivity index (χ2n) is 7.31. The number of benzene rings is 2. The first-order valence-corrected chi connectivity index (χ1v) is 9.96. The van der Waals surface area contributed by atoms with Gasteiger partial charge in [-0.25, -0.2) is 0 Å². The fourth-order valence-corrected chi connectivity index (χ4v) is 3.70. The third-order valence-electron chi connectivity index (χ3n) is 5.01. The van der Waals surface area contributed by atoms with Crippen LogP contribution in [-0.4, -0.2) is 48.3 Å². The van der Waals surface area contributed by atoms with E-state index in [1.807, 2.05) is 54.6 Å². The molecular formula is C22H26ClN3O2. The van der Waals surface area contributed by atoms with E-state index in [0.717, 1.165) is 30.6 Å². The minimum Gasteiger partial charge on any atom is -0.340 e. The standard InChI is InChI=1S/C22H26ClN3O2/c1-25(14-17-7-5-9-19(23)13-17)21(27)16-26-12-6-8-18(15-26)22(28)24-20-10-3-2-4-11-20/h2-5,7,9-11,13,18H,6,8,12,14-16H2,1H3,(H,24,28)/t18-/m0/s1. The van der Waals surface area contributed by atoms with Crippen molar-refractivity contribution in [3.63, 3.8) is 0 Å². The number of rotatable bonds is 6. The van der Waals surface area contributed by atoms with Gasteiger partial charge in [-0.1, -0.05) is 41.9 Å². The molecule has 1 N–H and O–H groups in total. The molecule has 148 valence electrons. The number of para-hydroxylation sites is 1. The van der Waals surface area contributed by atoms with Crippen LogP contribution in [0.3, 0.4) is 0 Å². The number of halogens is 1. The van der Waals surface area contributed by atoms with Gasteiger partial charge in [0.1, 0.15) is 0 Å². The number of carbonyl (C=O) groups is 2. The van der Waals surface area contributed by atoms with Crippen molar-refractivity contribution < 1.29 is 9.59 Å². The molecule has 28 heavy (non-hydrogen) atoms. The van der Waals surface area contributed by atoms with Crippen LogP contribution in [0.15, 0.2) is 54.6 Å². The number of anilines is 1. The SMILES string of the molecule is CN(Cc1cccc(Cl)c1)C(=O)CN1CCC[C@H](C(=O)Nc2ccccc2)C1. The van der Waals surface area contributed by atoms with Crippen LogP contribution in [-0.2, 0) is 16.1 Å². The zero-order chi connectivity index (χ0) is 19.9. The van der Waals surface area contributed by atoms with E-state index in [9.17, 15) is 9.59 Å². The second-order valence-corrected chi connectivity index (χ2v) is 7.75. The van der Waals surface area contributed by atoms with Crippen LogP contribution in [0.2, 0.25) is 5.02 Å². The lowest BCUT2D eigenvalue weighted by atomic mass is 9.97. The van der Waals surface area contributed by atoms with Crippen LogP contribution in [0.4, 0.5) is 5.69 Å². The molecule has 2 aromatic carbocycles. The van der Waals surface area contributed by atoms with Gasteiger partial charge in [0, 0.05) is 30.8 Å². The fourth-order valence-electron chi connectivity index (χ4n) is 3.49. The third kappa shape index (κ3) is 5.81. The van der Waals surface area contributed by atoms with Crippen molar-refractivity contribution in [1.29, 1.82) is 0 Å². The Balaban J connectivity index is 1.51. The highest BCUT2D eigenvalue weighted by Gasteiger charge is 2.27. The summed E-state index contributed by atoms with van der Waals surface area (Å²) in [6.45, 7) is 2.29. The average molecular weight is 400 g/mol. The number of carbonyl (C=O) groups excluding carboxylic acids is 2. The Morgan fingerprint density at radius 1 is 1.18 bits per heavy atom. The van der Waals surface area contributed by atoms with Gasteiger partial charge in [0.05, 0.1) is 12.5 Å². The molecule has 1 heterocycles. The summed E-state index contributed by atoms with van der Waals surface area (Å²) >= 11 is 6.02. The van der Waals surface area contributed by atoms with Gasteiger partial charge in [-0.2, -0.15) is 0 Å². The monoisotopic (exact) mass is 399 g/mol. The average Bonchev–Trinajstić information content (AvgIpc) is 2.69. The van der Waals surface area contributed by atoms with Gasteiger partial charge in [-0.3, -0.25) is 14.5 Å². The maximum absolute atomic E-state index is 12.6. The lowest BCUT2D eigenvalue weighted by Crippen LogP contribution is -2.45. The summed E-state index contributed by atoms with van der Waals surface area (Å²) in [7, 11) is 1.80. The number of hydrogen-bond donors (Lipinski definition) is 1. The van der Waals surface area contributed by atoms with Gasteiger partial charge in [0.25, 0.3) is 0 Å². The molecule has 5 nitrogen and oxygen atoms in total. The number of likely N-dealkylation sites (N-methyl/N-ethyl adjacent to an activating group) is 1. The maximum Gasteiger partial charge on any atom is 0.236 e. The summed E-state index contributed by atoms with van der Waals surface area (Å²) in [6.07, 6.45) is 1.76. The van der Waals surface area contributed by atoms with E-state index >= 15 is 0 Å². The van der Waals surface area contributed by atoms with E-state index < -0.39 is 0 Å². The topological polar surface area (TPSA) is 52.7 Å². The Morgan fingerprint density at radius 3 is 2.71 bits per heavy atom.